The number of nitrogens with two attached hydrogens (primary N) is 1. The van der Waals surface area contributed by atoms with Gasteiger partial charge in [-0.05, 0) is 18.1 Å². The summed E-state index contributed by atoms with van der Waals surface area (Å²) in [5.74, 6) is 1.33. The molecule has 21 heavy (non-hydrogen) atoms. The van der Waals surface area contributed by atoms with Gasteiger partial charge in [0.05, 0.1) is 11.0 Å². The van der Waals surface area contributed by atoms with Crippen LogP contribution >= 0.6 is 0 Å². The lowest BCUT2D eigenvalue weighted by atomic mass is 10.2. The molecule has 0 unspecified atom stereocenters. The minimum atomic E-state index is 0.0171. The molecule has 0 fully saturated rings. The fraction of sp³-hybridized carbons (Fsp3) is 0.400. The van der Waals surface area contributed by atoms with Gasteiger partial charge in [0.1, 0.15) is 0 Å². The van der Waals surface area contributed by atoms with Crippen LogP contribution in [0.15, 0.2) is 24.3 Å². The van der Waals surface area contributed by atoms with Crippen LogP contribution in [-0.4, -0.2) is 29.0 Å². The number of hydrogen-bond acceptors (Lipinski definition) is 5. The zero-order chi connectivity index (χ0) is 15.2. The number of amides is 1. The molecule has 1 aromatic heterocycles. The second-order valence-electron chi connectivity index (χ2n) is 5.32. The summed E-state index contributed by atoms with van der Waals surface area (Å²) in [5, 5.41) is 5.93. The molecule has 0 saturated carbocycles. The van der Waals surface area contributed by atoms with Crippen LogP contribution in [0.4, 0.5) is 11.6 Å². The normalized spacial score (nSPS) is 10.8. The predicted octanol–water partition coefficient (Wildman–Crippen LogP) is 1.79. The van der Waals surface area contributed by atoms with E-state index in [-0.39, 0.29) is 5.91 Å². The Morgan fingerprint density at radius 1 is 1.24 bits per heavy atom. The molecular weight excluding hydrogens is 266 g/mol. The van der Waals surface area contributed by atoms with Gasteiger partial charge >= 0.3 is 0 Å². The molecule has 0 bridgehead atoms. The van der Waals surface area contributed by atoms with Crippen molar-refractivity contribution in [2.75, 3.05) is 24.1 Å². The van der Waals surface area contributed by atoms with Crippen molar-refractivity contribution < 1.29 is 4.79 Å². The van der Waals surface area contributed by atoms with Gasteiger partial charge < -0.3 is 16.4 Å². The monoisotopic (exact) mass is 287 g/mol. The van der Waals surface area contributed by atoms with Gasteiger partial charge in [-0.25, -0.2) is 9.97 Å². The van der Waals surface area contributed by atoms with Gasteiger partial charge in [-0.15, -0.1) is 0 Å². The third-order valence-corrected chi connectivity index (χ3v) is 2.95. The van der Waals surface area contributed by atoms with Gasteiger partial charge in [0.2, 0.25) is 5.91 Å². The summed E-state index contributed by atoms with van der Waals surface area (Å²) >= 11 is 0. The number of nitrogen functional groups attached to an aromatic ring is 1. The molecule has 0 aliphatic rings. The highest BCUT2D eigenvalue weighted by molar-refractivity contribution is 5.80. The number of para-hydroxylation sites is 2. The maximum absolute atomic E-state index is 11.6. The zero-order valence-electron chi connectivity index (χ0n) is 12.4. The number of nitrogens with zero attached hydrogens (tertiary/aromatic N) is 2. The second-order valence-corrected chi connectivity index (χ2v) is 5.32. The van der Waals surface area contributed by atoms with Gasteiger partial charge in [-0.1, -0.05) is 26.0 Å². The van der Waals surface area contributed by atoms with Gasteiger partial charge in [0, 0.05) is 19.5 Å². The largest absolute Gasteiger partial charge is 0.381 e. The SMILES string of the molecule is CC(C)CNC(=O)CCNc1nc2ccccc2nc1N. The van der Waals surface area contributed by atoms with Gasteiger partial charge in [-0.3, -0.25) is 4.79 Å². The summed E-state index contributed by atoms with van der Waals surface area (Å²) in [6.45, 7) is 5.28. The topological polar surface area (TPSA) is 92.9 Å². The molecule has 0 radical (unpaired) electrons. The molecule has 0 saturated heterocycles. The van der Waals surface area contributed by atoms with Crippen molar-refractivity contribution in [1.29, 1.82) is 0 Å². The Hall–Kier alpha value is -2.37. The highest BCUT2D eigenvalue weighted by Gasteiger charge is 2.06. The van der Waals surface area contributed by atoms with Crippen molar-refractivity contribution in [2.24, 2.45) is 5.92 Å². The Bertz CT molecular complexity index is 626. The number of rotatable bonds is 6. The van der Waals surface area contributed by atoms with Crippen molar-refractivity contribution in [1.82, 2.24) is 15.3 Å². The molecule has 0 aliphatic carbocycles. The zero-order valence-corrected chi connectivity index (χ0v) is 12.4. The van der Waals surface area contributed by atoms with E-state index in [2.05, 4.69) is 34.4 Å². The second kappa shape index (κ2) is 6.88. The molecular formula is C15H21N5O. The van der Waals surface area contributed by atoms with Crippen LogP contribution < -0.4 is 16.4 Å². The molecule has 1 aromatic carbocycles. The third kappa shape index (κ3) is 4.30. The first-order chi connectivity index (χ1) is 10.1. The minimum Gasteiger partial charge on any atom is -0.381 e. The molecule has 4 N–H and O–H groups in total. The molecule has 0 spiro atoms. The molecule has 1 heterocycles. The lowest BCUT2D eigenvalue weighted by Gasteiger charge is -2.10. The molecule has 2 aromatic rings. The number of carbonyl (C=O) groups excluding carboxylic acids is 1. The van der Waals surface area contributed by atoms with E-state index in [0.29, 0.717) is 37.1 Å². The first-order valence-electron chi connectivity index (χ1n) is 7.09. The van der Waals surface area contributed by atoms with E-state index in [1.54, 1.807) is 0 Å². The quantitative estimate of drug-likeness (QED) is 0.753. The Morgan fingerprint density at radius 3 is 2.57 bits per heavy atom. The molecule has 6 nitrogen and oxygen atoms in total. The summed E-state index contributed by atoms with van der Waals surface area (Å²) < 4.78 is 0. The maximum Gasteiger partial charge on any atom is 0.221 e. The molecule has 1 amide bonds. The predicted molar refractivity (Wildman–Crippen MR) is 84.9 cm³/mol. The Balaban J connectivity index is 1.91. The molecule has 2 rings (SSSR count). The number of hydrogen-bond donors (Lipinski definition) is 3. The van der Waals surface area contributed by atoms with Crippen LogP contribution in [0.25, 0.3) is 11.0 Å². The minimum absolute atomic E-state index is 0.0171. The Kier molecular flexibility index (Phi) is 4.92. The van der Waals surface area contributed by atoms with Crippen LogP contribution in [0, 0.1) is 5.92 Å². The summed E-state index contributed by atoms with van der Waals surface area (Å²) in [4.78, 5) is 20.3. The Labute approximate surface area is 124 Å². The number of aromatic nitrogens is 2. The highest BCUT2D eigenvalue weighted by atomic mass is 16.1. The average Bonchev–Trinajstić information content (AvgIpc) is 2.45. The summed E-state index contributed by atoms with van der Waals surface area (Å²) in [6.07, 6.45) is 0.376. The number of nitrogens with one attached hydrogen (secondary N) is 2. The van der Waals surface area contributed by atoms with Crippen molar-refractivity contribution >= 4 is 28.6 Å². The van der Waals surface area contributed by atoms with E-state index >= 15 is 0 Å². The first kappa shape index (κ1) is 15.0. The standard InChI is InChI=1S/C15H21N5O/c1-10(2)9-18-13(21)7-8-17-15-14(16)19-11-5-3-4-6-12(11)20-15/h3-6,10H,7-9H2,1-2H3,(H2,16,19)(H,17,20)(H,18,21). The maximum atomic E-state index is 11.6. The smallest absolute Gasteiger partial charge is 0.221 e. The summed E-state index contributed by atoms with van der Waals surface area (Å²) in [6, 6.07) is 7.53. The average molecular weight is 287 g/mol. The molecule has 0 aliphatic heterocycles. The number of fused-ring (bicyclic) bond motifs is 1. The van der Waals surface area contributed by atoms with Gasteiger partial charge in [0.15, 0.2) is 11.6 Å². The number of benzene rings is 1. The van der Waals surface area contributed by atoms with Crippen molar-refractivity contribution in [3.05, 3.63) is 24.3 Å². The van der Waals surface area contributed by atoms with Crippen molar-refractivity contribution in [3.8, 4) is 0 Å². The van der Waals surface area contributed by atoms with E-state index in [9.17, 15) is 4.79 Å². The number of anilines is 2. The fourth-order valence-corrected chi connectivity index (χ4v) is 1.84. The fourth-order valence-electron chi connectivity index (χ4n) is 1.84. The van der Waals surface area contributed by atoms with Crippen molar-refractivity contribution in [3.63, 3.8) is 0 Å². The summed E-state index contributed by atoms with van der Waals surface area (Å²) in [5.41, 5.74) is 7.40. The van der Waals surface area contributed by atoms with Gasteiger partial charge in [-0.2, -0.15) is 0 Å². The van der Waals surface area contributed by atoms with Gasteiger partial charge in [0.25, 0.3) is 0 Å². The van der Waals surface area contributed by atoms with Crippen molar-refractivity contribution in [2.45, 2.75) is 20.3 Å². The van der Waals surface area contributed by atoms with Crippen LogP contribution in [-0.2, 0) is 4.79 Å². The lowest BCUT2D eigenvalue weighted by molar-refractivity contribution is -0.120. The lowest BCUT2D eigenvalue weighted by Crippen LogP contribution is -2.28. The summed E-state index contributed by atoms with van der Waals surface area (Å²) in [7, 11) is 0. The molecule has 112 valence electrons. The third-order valence-electron chi connectivity index (χ3n) is 2.95. The number of carbonyl (C=O) groups is 1. The molecule has 6 heteroatoms. The van der Waals surface area contributed by atoms with Crippen LogP contribution in [0.1, 0.15) is 20.3 Å². The highest BCUT2D eigenvalue weighted by Crippen LogP contribution is 2.18. The van der Waals surface area contributed by atoms with E-state index in [1.165, 1.54) is 0 Å². The van der Waals surface area contributed by atoms with E-state index in [0.717, 1.165) is 11.0 Å². The molecule has 0 atom stereocenters. The van der Waals surface area contributed by atoms with E-state index in [1.807, 2.05) is 24.3 Å². The first-order valence-corrected chi connectivity index (χ1v) is 7.09. The van der Waals surface area contributed by atoms with Crippen LogP contribution in [0.5, 0.6) is 0 Å². The van der Waals surface area contributed by atoms with E-state index < -0.39 is 0 Å². The van der Waals surface area contributed by atoms with Crippen LogP contribution in [0.2, 0.25) is 0 Å². The van der Waals surface area contributed by atoms with Crippen LogP contribution in [0.3, 0.4) is 0 Å². The van der Waals surface area contributed by atoms with E-state index in [4.69, 9.17) is 5.73 Å². The Morgan fingerprint density at radius 2 is 1.90 bits per heavy atom.